The average molecular weight is 226 g/mol. The zero-order valence-electron chi connectivity index (χ0n) is 9.09. The molecular formula is C9H12BFN2O3. The molecule has 2 rings (SSSR count). The maximum atomic E-state index is 14.5. The van der Waals surface area contributed by atoms with Gasteiger partial charge in [0.2, 0.25) is 0 Å². The number of hydrogen-bond donors (Lipinski definition) is 0. The van der Waals surface area contributed by atoms with Gasteiger partial charge in [-0.15, -0.1) is 0 Å². The van der Waals surface area contributed by atoms with Crippen LogP contribution in [0.25, 0.3) is 0 Å². The van der Waals surface area contributed by atoms with Crippen molar-refractivity contribution in [2.24, 2.45) is 0 Å². The molecule has 1 atom stereocenters. The van der Waals surface area contributed by atoms with E-state index in [9.17, 15) is 9.11 Å². The molecule has 1 aliphatic heterocycles. The monoisotopic (exact) mass is 226 g/mol. The van der Waals surface area contributed by atoms with Gasteiger partial charge in [-0.05, 0) is 12.1 Å². The van der Waals surface area contributed by atoms with Crippen molar-refractivity contribution >= 4 is 24.7 Å². The van der Waals surface area contributed by atoms with Crippen LogP contribution in [-0.2, 0) is 9.45 Å². The highest BCUT2D eigenvalue weighted by Crippen LogP contribution is 2.16. The van der Waals surface area contributed by atoms with Crippen LogP contribution in [0.1, 0.15) is 0 Å². The molecule has 0 radical (unpaired) electrons. The van der Waals surface area contributed by atoms with E-state index < -0.39 is 12.7 Å². The molecule has 16 heavy (non-hydrogen) atoms. The number of furan rings is 1. The Balaban J connectivity index is 2.42. The second kappa shape index (κ2) is 3.66. The van der Waals surface area contributed by atoms with E-state index in [1.807, 2.05) is 0 Å². The molecule has 0 saturated carbocycles. The summed E-state index contributed by atoms with van der Waals surface area (Å²) in [5.41, 5.74) is 0.0175. The lowest BCUT2D eigenvalue weighted by molar-refractivity contribution is -0.392. The standard InChI is InChI=1S/C9H12BFN2O3/c1-12(2)7-13-6-9(14)16-10(13,11)8-4-3-5-15-8/h3-5,7H,6H2,1-2H3/b13-7-. The van der Waals surface area contributed by atoms with Gasteiger partial charge in [-0.1, -0.05) is 0 Å². The molecule has 1 aromatic heterocycles. The Bertz CT molecular complexity index is 432. The molecule has 1 aliphatic rings. The zero-order valence-corrected chi connectivity index (χ0v) is 9.09. The molecule has 1 unspecified atom stereocenters. The van der Waals surface area contributed by atoms with Crippen LogP contribution < -0.4 is 5.66 Å². The van der Waals surface area contributed by atoms with E-state index >= 15 is 0 Å². The second-order valence-electron chi connectivity index (χ2n) is 3.90. The summed E-state index contributed by atoms with van der Waals surface area (Å²) in [5.74, 6) is -0.600. The van der Waals surface area contributed by atoms with E-state index in [2.05, 4.69) is 0 Å². The van der Waals surface area contributed by atoms with Crippen LogP contribution in [-0.4, -0.2) is 49.1 Å². The smallest absolute Gasteiger partial charge is 0.601 e. The molecule has 2 heterocycles. The molecule has 7 heteroatoms. The van der Waals surface area contributed by atoms with Gasteiger partial charge in [0.15, 0.2) is 6.34 Å². The van der Waals surface area contributed by atoms with Crippen molar-refractivity contribution < 1.29 is 22.7 Å². The summed E-state index contributed by atoms with van der Waals surface area (Å²) < 4.78 is 25.5. The second-order valence-corrected chi connectivity index (χ2v) is 3.90. The van der Waals surface area contributed by atoms with Gasteiger partial charge in [0.1, 0.15) is 6.54 Å². The van der Waals surface area contributed by atoms with Crippen molar-refractivity contribution in [2.75, 3.05) is 20.6 Å². The summed E-state index contributed by atoms with van der Waals surface area (Å²) in [6.45, 7) is -3.18. The number of rotatable bonds is 2. The van der Waals surface area contributed by atoms with E-state index in [0.29, 0.717) is 0 Å². The van der Waals surface area contributed by atoms with E-state index in [0.717, 1.165) is 0 Å². The largest absolute Gasteiger partial charge is 0.618 e. The fourth-order valence-electron chi connectivity index (χ4n) is 1.68. The van der Waals surface area contributed by atoms with E-state index in [1.165, 1.54) is 23.2 Å². The first-order valence-electron chi connectivity index (χ1n) is 4.88. The third-order valence-corrected chi connectivity index (χ3v) is 2.30. The van der Waals surface area contributed by atoms with Gasteiger partial charge in [0.05, 0.1) is 26.0 Å². The summed E-state index contributed by atoms with van der Waals surface area (Å²) in [5, 5.41) is 0. The Hall–Kier alpha value is -1.79. The summed E-state index contributed by atoms with van der Waals surface area (Å²) >= 11 is 0. The quantitative estimate of drug-likeness (QED) is 0.506. The number of hydrogen-bond acceptors (Lipinski definition) is 3. The Morgan fingerprint density at radius 1 is 1.62 bits per heavy atom. The van der Waals surface area contributed by atoms with E-state index in [-0.39, 0.29) is 12.2 Å². The van der Waals surface area contributed by atoms with Crippen molar-refractivity contribution in [1.82, 2.24) is 4.90 Å². The average Bonchev–Trinajstić information content (AvgIpc) is 2.75. The van der Waals surface area contributed by atoms with Crippen LogP contribution in [0.5, 0.6) is 0 Å². The lowest BCUT2D eigenvalue weighted by Crippen LogP contribution is -2.53. The molecule has 86 valence electrons. The normalized spacial score (nSPS) is 27.2. The topological polar surface area (TPSA) is 45.7 Å². The van der Waals surface area contributed by atoms with Gasteiger partial charge in [0.25, 0.3) is 0 Å². The van der Waals surface area contributed by atoms with Crippen LogP contribution in [0.2, 0.25) is 0 Å². The van der Waals surface area contributed by atoms with Gasteiger partial charge >= 0.3 is 12.7 Å². The Morgan fingerprint density at radius 2 is 2.38 bits per heavy atom. The molecule has 0 amide bonds. The predicted octanol–water partition coefficient (Wildman–Crippen LogP) is -0.446. The van der Waals surface area contributed by atoms with Crippen molar-refractivity contribution in [3.05, 3.63) is 18.4 Å². The molecule has 0 aliphatic carbocycles. The minimum Gasteiger partial charge on any atom is -0.618 e. The van der Waals surface area contributed by atoms with Crippen LogP contribution in [0, 0.1) is 0 Å². The highest BCUT2D eigenvalue weighted by Gasteiger charge is 2.50. The number of carbonyl (C=O) groups is 1. The maximum absolute atomic E-state index is 14.5. The van der Waals surface area contributed by atoms with Crippen molar-refractivity contribution in [1.29, 1.82) is 0 Å². The van der Waals surface area contributed by atoms with Gasteiger partial charge in [-0.3, -0.25) is 9.69 Å². The Kier molecular flexibility index (Phi) is 2.45. The zero-order chi connectivity index (χ0) is 11.8. The molecule has 0 aromatic carbocycles. The predicted molar refractivity (Wildman–Crippen MR) is 56.2 cm³/mol. The Labute approximate surface area is 92.1 Å². The number of halogens is 1. The van der Waals surface area contributed by atoms with Gasteiger partial charge in [-0.25, -0.2) is 0 Å². The molecule has 0 N–H and O–H groups in total. The van der Waals surface area contributed by atoms with Crippen LogP contribution in [0.3, 0.4) is 0 Å². The molecule has 0 bridgehead atoms. The third kappa shape index (κ3) is 1.68. The van der Waals surface area contributed by atoms with Gasteiger partial charge < -0.3 is 17.9 Å². The fourth-order valence-corrected chi connectivity index (χ4v) is 1.68. The molecule has 1 fully saturated rings. The highest BCUT2D eigenvalue weighted by atomic mass is 19.1. The van der Waals surface area contributed by atoms with Crippen LogP contribution >= 0.6 is 0 Å². The minimum atomic E-state index is -3.06. The SMILES string of the molecule is CN(C)/C=[N+]1/CC(=O)O[B-]1(F)c1ccco1. The number of nitrogens with zero attached hydrogens (tertiary/aromatic N) is 2. The summed E-state index contributed by atoms with van der Waals surface area (Å²) in [7, 11) is 3.48. The third-order valence-electron chi connectivity index (χ3n) is 2.30. The van der Waals surface area contributed by atoms with Crippen molar-refractivity contribution in [3.8, 4) is 0 Å². The summed E-state index contributed by atoms with van der Waals surface area (Å²) in [4.78, 5) is 12.8. The molecular weight excluding hydrogens is 214 g/mol. The number of carbonyl (C=O) groups excluding carboxylic acids is 1. The van der Waals surface area contributed by atoms with Crippen LogP contribution in [0.4, 0.5) is 4.32 Å². The first-order valence-corrected chi connectivity index (χ1v) is 4.88. The molecule has 1 saturated heterocycles. The summed E-state index contributed by atoms with van der Waals surface area (Å²) in [6.07, 6.45) is 2.83. The molecule has 1 aromatic rings. The molecule has 5 nitrogen and oxygen atoms in total. The lowest BCUT2D eigenvalue weighted by Gasteiger charge is -2.22. The first kappa shape index (κ1) is 10.7. The summed E-state index contributed by atoms with van der Waals surface area (Å²) in [6, 6.07) is 3.01. The van der Waals surface area contributed by atoms with Crippen molar-refractivity contribution in [2.45, 2.75) is 0 Å². The maximum Gasteiger partial charge on any atom is 0.601 e. The molecule has 0 spiro atoms. The Morgan fingerprint density at radius 3 is 2.94 bits per heavy atom. The first-order chi connectivity index (χ1) is 7.52. The fraction of sp³-hybridized carbons (Fsp3) is 0.333. The van der Waals surface area contributed by atoms with Gasteiger partial charge in [0, 0.05) is 0 Å². The van der Waals surface area contributed by atoms with Crippen LogP contribution in [0.15, 0.2) is 22.8 Å². The minimum absolute atomic E-state index is 0.0175. The van der Waals surface area contributed by atoms with Crippen molar-refractivity contribution in [3.63, 3.8) is 0 Å². The highest BCUT2D eigenvalue weighted by molar-refractivity contribution is 6.74. The lowest BCUT2D eigenvalue weighted by atomic mass is 9.72. The van der Waals surface area contributed by atoms with E-state index in [4.69, 9.17) is 9.07 Å². The van der Waals surface area contributed by atoms with E-state index in [1.54, 1.807) is 25.1 Å². The van der Waals surface area contributed by atoms with Gasteiger partial charge in [-0.2, -0.15) is 0 Å².